The molecule has 0 aromatic heterocycles. The molecule has 0 bridgehead atoms. The van der Waals surface area contributed by atoms with Crippen molar-refractivity contribution < 1.29 is 13.2 Å². The molecule has 0 saturated heterocycles. The Morgan fingerprint density at radius 3 is 2.25 bits per heavy atom. The summed E-state index contributed by atoms with van der Waals surface area (Å²) < 4.78 is 25.9. The Bertz CT molecular complexity index is 1110. The van der Waals surface area contributed by atoms with Gasteiger partial charge in [0.05, 0.1) is 5.02 Å². The fourth-order valence-electron chi connectivity index (χ4n) is 2.70. The number of nitrogens with one attached hydrogen (secondary N) is 1. The molecule has 0 aliphatic carbocycles. The second-order valence-corrected chi connectivity index (χ2v) is 8.83. The first-order chi connectivity index (χ1) is 13.3. The fourth-order valence-corrected chi connectivity index (χ4v) is 4.09. The van der Waals surface area contributed by atoms with E-state index in [2.05, 4.69) is 5.32 Å². The molecule has 0 heterocycles. The number of carbonyl (C=O) groups is 1. The van der Waals surface area contributed by atoms with Gasteiger partial charge in [-0.1, -0.05) is 60.1 Å². The van der Waals surface area contributed by atoms with Crippen molar-refractivity contribution in [1.29, 1.82) is 0 Å². The van der Waals surface area contributed by atoms with Gasteiger partial charge >= 0.3 is 0 Å². The summed E-state index contributed by atoms with van der Waals surface area (Å²) in [5, 5.41) is 2.93. The summed E-state index contributed by atoms with van der Waals surface area (Å²) >= 11 is 6.06. The maximum absolute atomic E-state index is 12.8. The van der Waals surface area contributed by atoms with E-state index in [-0.39, 0.29) is 15.5 Å². The van der Waals surface area contributed by atoms with Crippen molar-refractivity contribution in [2.45, 2.75) is 4.90 Å². The first-order valence-corrected chi connectivity index (χ1v) is 10.3. The molecular formula is C21H19ClN2O3S. The molecule has 5 nitrogen and oxygen atoms in total. The van der Waals surface area contributed by atoms with Crippen LogP contribution in [-0.2, 0) is 10.0 Å². The lowest BCUT2D eigenvalue weighted by Crippen LogP contribution is -2.23. The molecule has 0 atom stereocenters. The number of nitrogens with zero attached hydrogens (tertiary/aromatic N) is 1. The van der Waals surface area contributed by atoms with Crippen molar-refractivity contribution in [3.63, 3.8) is 0 Å². The number of sulfonamides is 1. The summed E-state index contributed by atoms with van der Waals surface area (Å²) in [6, 6.07) is 21.3. The van der Waals surface area contributed by atoms with Gasteiger partial charge in [-0.3, -0.25) is 4.79 Å². The molecule has 3 aromatic rings. The van der Waals surface area contributed by atoms with Crippen molar-refractivity contribution in [3.8, 4) is 11.1 Å². The molecule has 0 aliphatic heterocycles. The van der Waals surface area contributed by atoms with Crippen molar-refractivity contribution in [3.05, 3.63) is 83.4 Å². The first-order valence-electron chi connectivity index (χ1n) is 8.48. The van der Waals surface area contributed by atoms with Crippen LogP contribution < -0.4 is 5.32 Å². The average Bonchev–Trinajstić information content (AvgIpc) is 2.69. The Labute approximate surface area is 169 Å². The molecule has 0 spiro atoms. The van der Waals surface area contributed by atoms with E-state index in [0.29, 0.717) is 5.69 Å². The average molecular weight is 415 g/mol. The molecule has 0 fully saturated rings. The quantitative estimate of drug-likeness (QED) is 0.667. The van der Waals surface area contributed by atoms with E-state index >= 15 is 0 Å². The molecule has 1 N–H and O–H groups in total. The van der Waals surface area contributed by atoms with Gasteiger partial charge in [-0.25, -0.2) is 12.7 Å². The summed E-state index contributed by atoms with van der Waals surface area (Å²) in [6.45, 7) is 0. The van der Waals surface area contributed by atoms with Crippen molar-refractivity contribution in [1.82, 2.24) is 4.31 Å². The minimum atomic E-state index is -3.77. The number of anilines is 1. The van der Waals surface area contributed by atoms with Crippen LogP contribution in [0, 0.1) is 0 Å². The van der Waals surface area contributed by atoms with Crippen LogP contribution in [0.3, 0.4) is 0 Å². The number of hydrogen-bond acceptors (Lipinski definition) is 3. The number of para-hydroxylation sites is 1. The Morgan fingerprint density at radius 1 is 0.929 bits per heavy atom. The normalized spacial score (nSPS) is 11.4. The van der Waals surface area contributed by atoms with E-state index in [4.69, 9.17) is 11.6 Å². The Kier molecular flexibility index (Phi) is 5.84. The van der Waals surface area contributed by atoms with Gasteiger partial charge in [0.25, 0.3) is 5.91 Å². The summed E-state index contributed by atoms with van der Waals surface area (Å²) in [6.07, 6.45) is 0. The summed E-state index contributed by atoms with van der Waals surface area (Å²) in [7, 11) is -0.944. The van der Waals surface area contributed by atoms with E-state index in [1.165, 1.54) is 32.3 Å². The van der Waals surface area contributed by atoms with E-state index in [9.17, 15) is 13.2 Å². The Hall–Kier alpha value is -2.67. The minimum absolute atomic E-state index is 0.0648. The molecule has 0 unspecified atom stereocenters. The number of benzene rings is 3. The van der Waals surface area contributed by atoms with Crippen molar-refractivity contribution in [2.24, 2.45) is 0 Å². The maximum atomic E-state index is 12.8. The monoisotopic (exact) mass is 414 g/mol. The summed E-state index contributed by atoms with van der Waals surface area (Å²) in [4.78, 5) is 12.7. The highest BCUT2D eigenvalue weighted by atomic mass is 35.5. The first kappa shape index (κ1) is 20.1. The number of carbonyl (C=O) groups excluding carboxylic acids is 1. The van der Waals surface area contributed by atoms with Crippen LogP contribution in [0.5, 0.6) is 0 Å². The largest absolute Gasteiger partial charge is 0.321 e. The highest BCUT2D eigenvalue weighted by Crippen LogP contribution is 2.29. The van der Waals surface area contributed by atoms with Gasteiger partial charge in [-0.15, -0.1) is 0 Å². The molecule has 0 saturated carbocycles. The summed E-state index contributed by atoms with van der Waals surface area (Å²) in [5.41, 5.74) is 2.66. The summed E-state index contributed by atoms with van der Waals surface area (Å²) in [5.74, 6) is -0.421. The van der Waals surface area contributed by atoms with Gasteiger partial charge < -0.3 is 5.32 Å². The third kappa shape index (κ3) is 4.09. The molecule has 28 heavy (non-hydrogen) atoms. The van der Waals surface area contributed by atoms with Crippen LogP contribution >= 0.6 is 11.6 Å². The molecule has 144 valence electrons. The molecule has 3 aromatic carbocycles. The van der Waals surface area contributed by atoms with Gasteiger partial charge in [0.2, 0.25) is 10.0 Å². The van der Waals surface area contributed by atoms with E-state index in [1.807, 2.05) is 48.5 Å². The van der Waals surface area contributed by atoms with Gasteiger partial charge in [0, 0.05) is 30.9 Å². The zero-order valence-corrected chi connectivity index (χ0v) is 17.0. The standard InChI is InChI=1S/C21H19ClN2O3S/c1-24(2)28(26,27)20-14-16(12-13-18(20)22)21(25)23-19-11-7-6-10-17(19)15-8-4-3-5-9-15/h3-14H,1-2H3,(H,23,25). The van der Waals surface area contributed by atoms with Crippen LogP contribution in [-0.4, -0.2) is 32.7 Å². The lowest BCUT2D eigenvalue weighted by Gasteiger charge is -2.15. The predicted molar refractivity (Wildman–Crippen MR) is 112 cm³/mol. The van der Waals surface area contributed by atoms with Crippen LogP contribution in [0.2, 0.25) is 5.02 Å². The predicted octanol–water partition coefficient (Wildman–Crippen LogP) is 4.51. The minimum Gasteiger partial charge on any atom is -0.321 e. The third-order valence-electron chi connectivity index (χ3n) is 4.21. The van der Waals surface area contributed by atoms with Gasteiger partial charge in [0.1, 0.15) is 4.90 Å². The lowest BCUT2D eigenvalue weighted by molar-refractivity contribution is 0.102. The smallest absolute Gasteiger partial charge is 0.255 e. The lowest BCUT2D eigenvalue weighted by atomic mass is 10.0. The zero-order valence-electron chi connectivity index (χ0n) is 15.4. The van der Waals surface area contributed by atoms with E-state index < -0.39 is 15.9 Å². The molecule has 0 radical (unpaired) electrons. The SMILES string of the molecule is CN(C)S(=O)(=O)c1cc(C(=O)Nc2ccccc2-c2ccccc2)ccc1Cl. The number of halogens is 1. The molecular weight excluding hydrogens is 396 g/mol. The Morgan fingerprint density at radius 2 is 1.57 bits per heavy atom. The van der Waals surface area contributed by atoms with Crippen LogP contribution in [0.25, 0.3) is 11.1 Å². The highest BCUT2D eigenvalue weighted by molar-refractivity contribution is 7.89. The molecule has 3 rings (SSSR count). The van der Waals surface area contributed by atoms with Crippen LogP contribution in [0.1, 0.15) is 10.4 Å². The highest BCUT2D eigenvalue weighted by Gasteiger charge is 2.22. The van der Waals surface area contributed by atoms with E-state index in [0.717, 1.165) is 15.4 Å². The second kappa shape index (κ2) is 8.14. The van der Waals surface area contributed by atoms with E-state index in [1.54, 1.807) is 6.07 Å². The zero-order chi connectivity index (χ0) is 20.3. The second-order valence-electron chi connectivity index (χ2n) is 6.30. The van der Waals surface area contributed by atoms with Gasteiger partial charge in [-0.05, 0) is 29.8 Å². The van der Waals surface area contributed by atoms with Gasteiger partial charge in [-0.2, -0.15) is 0 Å². The van der Waals surface area contributed by atoms with Crippen LogP contribution in [0.15, 0.2) is 77.7 Å². The maximum Gasteiger partial charge on any atom is 0.255 e. The number of hydrogen-bond donors (Lipinski definition) is 1. The third-order valence-corrected chi connectivity index (χ3v) is 6.51. The Balaban J connectivity index is 1.96. The number of amides is 1. The number of rotatable bonds is 5. The van der Waals surface area contributed by atoms with Crippen molar-refractivity contribution in [2.75, 3.05) is 19.4 Å². The molecule has 0 aliphatic rings. The van der Waals surface area contributed by atoms with Gasteiger partial charge in [0.15, 0.2) is 0 Å². The molecule has 1 amide bonds. The fraction of sp³-hybridized carbons (Fsp3) is 0.0952. The molecule has 7 heteroatoms. The van der Waals surface area contributed by atoms with Crippen LogP contribution in [0.4, 0.5) is 5.69 Å². The topological polar surface area (TPSA) is 66.5 Å². The van der Waals surface area contributed by atoms with Crippen molar-refractivity contribution >= 4 is 33.2 Å².